The molecule has 0 aliphatic heterocycles. The molecule has 2 N–H and O–H groups in total. The normalized spacial score (nSPS) is 10.6. The number of nitrogens with one attached hydrogen (secondary N) is 2. The van der Waals surface area contributed by atoms with E-state index in [1.54, 1.807) is 0 Å². The molecule has 3 aromatic rings. The molecule has 0 saturated heterocycles. The Hall–Kier alpha value is -2.86. The van der Waals surface area contributed by atoms with Crippen LogP contribution in [-0.4, -0.2) is 28.0 Å². The van der Waals surface area contributed by atoms with Crippen molar-refractivity contribution in [1.29, 1.82) is 0 Å². The summed E-state index contributed by atoms with van der Waals surface area (Å²) in [5.41, 5.74) is 4.14. The van der Waals surface area contributed by atoms with Gasteiger partial charge in [-0.15, -0.1) is 0 Å². The molecule has 0 atom stereocenters. The first-order valence-electron chi connectivity index (χ1n) is 9.36. The molecule has 146 valence electrons. The number of rotatable bonds is 7. The second-order valence-electron chi connectivity index (χ2n) is 6.53. The first-order chi connectivity index (χ1) is 13.5. The fourth-order valence-electron chi connectivity index (χ4n) is 2.78. The van der Waals surface area contributed by atoms with Crippen LogP contribution in [0.3, 0.4) is 0 Å². The van der Waals surface area contributed by atoms with E-state index in [1.165, 1.54) is 5.56 Å². The Bertz CT molecular complexity index is 938. The van der Waals surface area contributed by atoms with Crippen LogP contribution in [-0.2, 0) is 0 Å². The molecule has 0 aliphatic carbocycles. The van der Waals surface area contributed by atoms with Crippen LogP contribution >= 0.6 is 11.6 Å². The maximum absolute atomic E-state index is 5.98. The monoisotopic (exact) mass is 396 g/mol. The van der Waals surface area contributed by atoms with Crippen molar-refractivity contribution in [2.24, 2.45) is 0 Å². The summed E-state index contributed by atoms with van der Waals surface area (Å²) in [6, 6.07) is 13.7. The van der Waals surface area contributed by atoms with Gasteiger partial charge in [0.1, 0.15) is 0 Å². The summed E-state index contributed by atoms with van der Waals surface area (Å²) < 4.78 is 0. The second kappa shape index (κ2) is 8.89. The average Bonchev–Trinajstić information content (AvgIpc) is 2.67. The van der Waals surface area contributed by atoms with Crippen LogP contribution in [0.15, 0.2) is 42.5 Å². The molecule has 0 fully saturated rings. The number of nitrogens with zero attached hydrogens (tertiary/aromatic N) is 4. The van der Waals surface area contributed by atoms with Crippen molar-refractivity contribution in [3.05, 3.63) is 58.6 Å². The van der Waals surface area contributed by atoms with Gasteiger partial charge in [0.05, 0.1) is 0 Å². The first-order valence-corrected chi connectivity index (χ1v) is 9.74. The minimum absolute atomic E-state index is 0.479. The topological polar surface area (TPSA) is 66.0 Å². The summed E-state index contributed by atoms with van der Waals surface area (Å²) >= 11 is 5.98. The van der Waals surface area contributed by atoms with Crippen LogP contribution in [0.2, 0.25) is 5.02 Å². The zero-order valence-corrected chi connectivity index (χ0v) is 17.4. The summed E-state index contributed by atoms with van der Waals surface area (Å²) in [6.07, 6.45) is 0. The van der Waals surface area contributed by atoms with Gasteiger partial charge in [-0.1, -0.05) is 23.7 Å². The Morgan fingerprint density at radius 2 is 1.50 bits per heavy atom. The molecule has 0 radical (unpaired) electrons. The van der Waals surface area contributed by atoms with Crippen molar-refractivity contribution in [3.8, 4) is 0 Å². The minimum atomic E-state index is 0.479. The van der Waals surface area contributed by atoms with Gasteiger partial charge in [-0.05, 0) is 69.2 Å². The van der Waals surface area contributed by atoms with Crippen molar-refractivity contribution in [3.63, 3.8) is 0 Å². The molecule has 0 saturated carbocycles. The van der Waals surface area contributed by atoms with Crippen molar-refractivity contribution in [1.82, 2.24) is 15.0 Å². The molecule has 2 aromatic carbocycles. The lowest BCUT2D eigenvalue weighted by Crippen LogP contribution is -2.25. The van der Waals surface area contributed by atoms with Crippen molar-refractivity contribution >= 4 is 40.8 Å². The van der Waals surface area contributed by atoms with E-state index >= 15 is 0 Å². The third-order valence-corrected chi connectivity index (χ3v) is 4.66. The molecule has 3 rings (SSSR count). The van der Waals surface area contributed by atoms with E-state index in [4.69, 9.17) is 11.6 Å². The van der Waals surface area contributed by atoms with Gasteiger partial charge in [-0.3, -0.25) is 0 Å². The van der Waals surface area contributed by atoms with Gasteiger partial charge in [0.15, 0.2) is 0 Å². The molecule has 0 aliphatic rings. The summed E-state index contributed by atoms with van der Waals surface area (Å²) in [4.78, 5) is 15.9. The number of hydrogen-bond donors (Lipinski definition) is 2. The Morgan fingerprint density at radius 3 is 2.14 bits per heavy atom. The van der Waals surface area contributed by atoms with Crippen LogP contribution in [0.5, 0.6) is 0 Å². The molecule has 0 unspecified atom stereocenters. The maximum atomic E-state index is 5.98. The lowest BCUT2D eigenvalue weighted by Gasteiger charge is -2.20. The molecular weight excluding hydrogens is 372 g/mol. The zero-order valence-electron chi connectivity index (χ0n) is 16.6. The third-order valence-electron chi connectivity index (χ3n) is 4.41. The molecule has 28 heavy (non-hydrogen) atoms. The molecule has 0 spiro atoms. The number of aromatic nitrogens is 3. The van der Waals surface area contributed by atoms with E-state index in [0.717, 1.165) is 30.0 Å². The van der Waals surface area contributed by atoms with Crippen LogP contribution < -0.4 is 15.5 Å². The van der Waals surface area contributed by atoms with Gasteiger partial charge in [0, 0.05) is 29.5 Å². The quantitative estimate of drug-likeness (QED) is 0.551. The number of anilines is 5. The minimum Gasteiger partial charge on any atom is -0.341 e. The van der Waals surface area contributed by atoms with Crippen molar-refractivity contribution < 1.29 is 0 Å². The standard InChI is InChI=1S/C21H25ClN6/c1-5-28(6-2)21-26-19(23-17-11-9-16(22)10-12-17)25-20(27-21)24-18-13-14(3)7-8-15(18)4/h7-13H,5-6H2,1-4H3,(H2,23,24,25,26,27). The fraction of sp³-hybridized carbons (Fsp3) is 0.286. The van der Waals surface area contributed by atoms with Gasteiger partial charge in [0.25, 0.3) is 0 Å². The Morgan fingerprint density at radius 1 is 0.857 bits per heavy atom. The largest absolute Gasteiger partial charge is 0.341 e. The zero-order chi connectivity index (χ0) is 20.1. The van der Waals surface area contributed by atoms with Gasteiger partial charge in [-0.25, -0.2) is 0 Å². The van der Waals surface area contributed by atoms with Gasteiger partial charge in [0.2, 0.25) is 17.8 Å². The van der Waals surface area contributed by atoms with Gasteiger partial charge in [-0.2, -0.15) is 15.0 Å². The van der Waals surface area contributed by atoms with Gasteiger partial charge < -0.3 is 15.5 Å². The van der Waals surface area contributed by atoms with Crippen molar-refractivity contribution in [2.45, 2.75) is 27.7 Å². The van der Waals surface area contributed by atoms with Crippen molar-refractivity contribution in [2.75, 3.05) is 28.6 Å². The molecule has 1 heterocycles. The smallest absolute Gasteiger partial charge is 0.233 e. The van der Waals surface area contributed by atoms with E-state index in [-0.39, 0.29) is 0 Å². The van der Waals surface area contributed by atoms with E-state index in [0.29, 0.717) is 22.9 Å². The predicted octanol–water partition coefficient (Wildman–Crippen LogP) is 5.48. The molecule has 0 bridgehead atoms. The fourth-order valence-corrected chi connectivity index (χ4v) is 2.90. The lowest BCUT2D eigenvalue weighted by molar-refractivity contribution is 0.815. The summed E-state index contributed by atoms with van der Waals surface area (Å²) in [7, 11) is 0. The number of aryl methyl sites for hydroxylation is 2. The van der Waals surface area contributed by atoms with E-state index < -0.39 is 0 Å². The third kappa shape index (κ3) is 4.89. The van der Waals surface area contributed by atoms with Crippen LogP contribution in [0, 0.1) is 13.8 Å². The predicted molar refractivity (Wildman–Crippen MR) is 117 cm³/mol. The second-order valence-corrected chi connectivity index (χ2v) is 6.97. The Balaban J connectivity index is 1.97. The number of hydrogen-bond acceptors (Lipinski definition) is 6. The van der Waals surface area contributed by atoms with Crippen LogP contribution in [0.4, 0.5) is 29.2 Å². The lowest BCUT2D eigenvalue weighted by atomic mass is 10.1. The average molecular weight is 397 g/mol. The molecule has 6 nitrogen and oxygen atoms in total. The van der Waals surface area contributed by atoms with E-state index in [1.807, 2.05) is 24.3 Å². The van der Waals surface area contributed by atoms with Gasteiger partial charge >= 0.3 is 0 Å². The summed E-state index contributed by atoms with van der Waals surface area (Å²) in [5, 5.41) is 7.26. The number of benzene rings is 2. The van der Waals surface area contributed by atoms with Crippen LogP contribution in [0.1, 0.15) is 25.0 Å². The Kier molecular flexibility index (Phi) is 6.31. The number of halogens is 1. The highest BCUT2D eigenvalue weighted by Crippen LogP contribution is 2.23. The highest BCUT2D eigenvalue weighted by atomic mass is 35.5. The first kappa shape index (κ1) is 19.9. The SMILES string of the molecule is CCN(CC)c1nc(Nc2ccc(Cl)cc2)nc(Nc2cc(C)ccc2C)n1. The molecule has 7 heteroatoms. The summed E-state index contributed by atoms with van der Waals surface area (Å²) in [5.74, 6) is 1.61. The molecular formula is C21H25ClN6. The van der Waals surface area contributed by atoms with Crippen LogP contribution in [0.25, 0.3) is 0 Å². The molecule has 0 amide bonds. The summed E-state index contributed by atoms with van der Waals surface area (Å²) in [6.45, 7) is 9.90. The highest BCUT2D eigenvalue weighted by molar-refractivity contribution is 6.30. The van der Waals surface area contributed by atoms with E-state index in [2.05, 4.69) is 76.4 Å². The van der Waals surface area contributed by atoms with E-state index in [9.17, 15) is 0 Å². The Labute approximate surface area is 171 Å². The highest BCUT2D eigenvalue weighted by Gasteiger charge is 2.12. The molecule has 1 aromatic heterocycles. The maximum Gasteiger partial charge on any atom is 0.233 e.